The van der Waals surface area contributed by atoms with Crippen molar-refractivity contribution in [3.63, 3.8) is 0 Å². The van der Waals surface area contributed by atoms with Crippen molar-refractivity contribution in [1.29, 1.82) is 0 Å². The maximum atomic E-state index is 5.64. The van der Waals surface area contributed by atoms with Gasteiger partial charge in [0.1, 0.15) is 0 Å². The van der Waals surface area contributed by atoms with Gasteiger partial charge in [0.05, 0.1) is 0 Å². The van der Waals surface area contributed by atoms with Crippen LogP contribution in [-0.2, 0) is 11.8 Å². The van der Waals surface area contributed by atoms with Crippen LogP contribution in [0.25, 0.3) is 0 Å². The van der Waals surface area contributed by atoms with E-state index < -0.39 is 0 Å². The van der Waals surface area contributed by atoms with Crippen LogP contribution in [0.5, 0.6) is 0 Å². The minimum absolute atomic E-state index is 0.736. The largest absolute Gasteiger partial charge is 0.127 e. The first kappa shape index (κ1) is 11.5. The minimum Gasteiger partial charge on any atom is -0.127 e. The fraction of sp³-hybridized carbons (Fsp3) is 0.400. The van der Waals surface area contributed by atoms with E-state index in [9.17, 15) is 0 Å². The molecule has 0 fully saturated rings. The molecule has 0 atom stereocenters. The first-order valence-electron chi connectivity index (χ1n) is 4.17. The molecule has 0 spiro atoms. The monoisotopic (exact) mass is 324 g/mol. The maximum Gasteiger partial charge on any atom is 0.0294 e. The summed E-state index contributed by atoms with van der Waals surface area (Å²) in [4.78, 5) is 0. The van der Waals surface area contributed by atoms with Crippen LogP contribution in [0.2, 0.25) is 0 Å². The highest BCUT2D eigenvalue weighted by Gasteiger charge is 1.99. The van der Waals surface area contributed by atoms with Crippen molar-refractivity contribution in [3.05, 3.63) is 33.8 Å². The molecule has 13 heavy (non-hydrogen) atoms. The second-order valence-corrected chi connectivity index (χ2v) is 4.64. The molecule has 0 aromatic heterocycles. The predicted molar refractivity (Wildman–Crippen MR) is 65.8 cm³/mol. The number of benzene rings is 1. The van der Waals surface area contributed by atoms with E-state index in [0.717, 1.165) is 24.1 Å². The summed E-state index contributed by atoms with van der Waals surface area (Å²) in [5, 5.41) is 0.891. The third kappa shape index (κ3) is 3.61. The molecule has 0 saturated heterocycles. The summed E-state index contributed by atoms with van der Waals surface area (Å²) in [6, 6.07) is 6.45. The Morgan fingerprint density at radius 3 is 2.69 bits per heavy atom. The lowest BCUT2D eigenvalue weighted by Gasteiger charge is -2.04. The number of halogens is 3. The standard InChI is InChI=1S/C10H11Br2Cl/c11-7-9-6-8(2-1-5-13)3-4-10(9)12/h3-4,6H,1-2,5,7H2. The molecule has 0 N–H and O–H groups in total. The van der Waals surface area contributed by atoms with E-state index in [0.29, 0.717) is 0 Å². The van der Waals surface area contributed by atoms with Crippen LogP contribution >= 0.6 is 43.5 Å². The van der Waals surface area contributed by atoms with Crippen molar-refractivity contribution in [2.24, 2.45) is 0 Å². The minimum atomic E-state index is 0.736. The summed E-state index contributed by atoms with van der Waals surface area (Å²) in [6.07, 6.45) is 2.11. The molecule has 72 valence electrons. The van der Waals surface area contributed by atoms with Crippen molar-refractivity contribution in [2.45, 2.75) is 18.2 Å². The van der Waals surface area contributed by atoms with E-state index in [4.69, 9.17) is 11.6 Å². The van der Waals surface area contributed by atoms with E-state index in [1.807, 2.05) is 0 Å². The fourth-order valence-corrected chi connectivity index (χ4v) is 2.52. The Labute approximate surface area is 101 Å². The Hall–Kier alpha value is 0.470. The highest BCUT2D eigenvalue weighted by molar-refractivity contribution is 9.10. The van der Waals surface area contributed by atoms with Gasteiger partial charge in [-0.15, -0.1) is 11.6 Å². The van der Waals surface area contributed by atoms with Gasteiger partial charge >= 0.3 is 0 Å². The van der Waals surface area contributed by atoms with Crippen LogP contribution in [0.3, 0.4) is 0 Å². The smallest absolute Gasteiger partial charge is 0.0294 e. The van der Waals surface area contributed by atoms with Gasteiger partial charge in [0.2, 0.25) is 0 Å². The molecule has 1 rings (SSSR count). The summed E-state index contributed by atoms with van der Waals surface area (Å²) < 4.78 is 1.17. The quantitative estimate of drug-likeness (QED) is 0.714. The van der Waals surface area contributed by atoms with Crippen LogP contribution < -0.4 is 0 Å². The Morgan fingerprint density at radius 2 is 2.08 bits per heavy atom. The van der Waals surface area contributed by atoms with Crippen molar-refractivity contribution in [2.75, 3.05) is 5.88 Å². The lowest BCUT2D eigenvalue weighted by molar-refractivity contribution is 0.926. The van der Waals surface area contributed by atoms with E-state index in [1.165, 1.54) is 15.6 Å². The Balaban J connectivity index is 2.74. The van der Waals surface area contributed by atoms with Crippen molar-refractivity contribution in [3.8, 4) is 0 Å². The van der Waals surface area contributed by atoms with Gasteiger partial charge in [-0.2, -0.15) is 0 Å². The lowest BCUT2D eigenvalue weighted by Crippen LogP contribution is -1.89. The number of rotatable bonds is 4. The second kappa shape index (κ2) is 6.05. The highest BCUT2D eigenvalue weighted by atomic mass is 79.9. The highest BCUT2D eigenvalue weighted by Crippen LogP contribution is 2.21. The van der Waals surface area contributed by atoms with Crippen LogP contribution in [0.15, 0.2) is 22.7 Å². The molecule has 0 nitrogen and oxygen atoms in total. The first-order valence-corrected chi connectivity index (χ1v) is 6.62. The molecule has 0 heterocycles. The summed E-state index contributed by atoms with van der Waals surface area (Å²) in [6.45, 7) is 0. The zero-order valence-electron chi connectivity index (χ0n) is 7.19. The van der Waals surface area contributed by atoms with Gasteiger partial charge in [-0.05, 0) is 30.0 Å². The van der Waals surface area contributed by atoms with Gasteiger partial charge in [0.15, 0.2) is 0 Å². The molecular weight excluding hydrogens is 315 g/mol. The molecule has 0 radical (unpaired) electrons. The third-order valence-electron chi connectivity index (χ3n) is 1.85. The summed E-state index contributed by atoms with van der Waals surface area (Å²) in [5.74, 6) is 0.736. The summed E-state index contributed by atoms with van der Waals surface area (Å²) >= 11 is 12.6. The SMILES string of the molecule is ClCCCc1ccc(Br)c(CBr)c1. The van der Waals surface area contributed by atoms with Gasteiger partial charge in [-0.25, -0.2) is 0 Å². The van der Waals surface area contributed by atoms with Gasteiger partial charge in [-0.1, -0.05) is 44.0 Å². The number of hydrogen-bond donors (Lipinski definition) is 0. The Kier molecular flexibility index (Phi) is 5.37. The normalized spacial score (nSPS) is 10.4. The van der Waals surface area contributed by atoms with E-state index in [-0.39, 0.29) is 0 Å². The predicted octanol–water partition coefficient (Wildman–Crippen LogP) is 4.52. The molecule has 0 saturated carbocycles. The molecule has 0 aliphatic heterocycles. The zero-order valence-corrected chi connectivity index (χ0v) is 11.1. The second-order valence-electron chi connectivity index (χ2n) is 2.85. The van der Waals surface area contributed by atoms with Gasteiger partial charge in [0.25, 0.3) is 0 Å². The lowest BCUT2D eigenvalue weighted by atomic mass is 10.1. The third-order valence-corrected chi connectivity index (χ3v) is 3.50. The molecule has 0 aliphatic rings. The van der Waals surface area contributed by atoms with Crippen LogP contribution in [0.1, 0.15) is 17.5 Å². The van der Waals surface area contributed by atoms with Gasteiger partial charge < -0.3 is 0 Å². The van der Waals surface area contributed by atoms with E-state index in [1.54, 1.807) is 0 Å². The Bertz CT molecular complexity index is 274. The molecule has 0 aliphatic carbocycles. The zero-order chi connectivity index (χ0) is 9.68. The molecule has 1 aromatic rings. The molecule has 0 unspecified atom stereocenters. The topological polar surface area (TPSA) is 0 Å². The first-order chi connectivity index (χ1) is 6.27. The Morgan fingerprint density at radius 1 is 1.31 bits per heavy atom. The molecule has 0 amide bonds. The van der Waals surface area contributed by atoms with Crippen LogP contribution in [0.4, 0.5) is 0 Å². The number of hydrogen-bond acceptors (Lipinski definition) is 0. The van der Waals surface area contributed by atoms with Crippen molar-refractivity contribution < 1.29 is 0 Å². The van der Waals surface area contributed by atoms with Crippen LogP contribution in [0, 0.1) is 0 Å². The molecule has 1 aromatic carbocycles. The van der Waals surface area contributed by atoms with E-state index >= 15 is 0 Å². The van der Waals surface area contributed by atoms with Gasteiger partial charge in [0, 0.05) is 15.7 Å². The van der Waals surface area contributed by atoms with Crippen molar-refractivity contribution in [1.82, 2.24) is 0 Å². The number of alkyl halides is 2. The average Bonchev–Trinajstić information content (AvgIpc) is 2.16. The average molecular weight is 326 g/mol. The van der Waals surface area contributed by atoms with Crippen molar-refractivity contribution >= 4 is 43.5 Å². The fourth-order valence-electron chi connectivity index (χ4n) is 1.16. The maximum absolute atomic E-state index is 5.64. The van der Waals surface area contributed by atoms with E-state index in [2.05, 4.69) is 50.1 Å². The number of aryl methyl sites for hydroxylation is 1. The summed E-state index contributed by atoms with van der Waals surface area (Å²) in [7, 11) is 0. The molecular formula is C10H11Br2Cl. The van der Waals surface area contributed by atoms with Crippen LogP contribution in [-0.4, -0.2) is 5.88 Å². The van der Waals surface area contributed by atoms with Gasteiger partial charge in [-0.3, -0.25) is 0 Å². The summed E-state index contributed by atoms with van der Waals surface area (Å²) in [5.41, 5.74) is 2.66. The molecule has 3 heteroatoms. The molecule has 0 bridgehead atoms.